The topological polar surface area (TPSA) is 26.3 Å². The Labute approximate surface area is 118 Å². The first-order chi connectivity index (χ1) is 9.81. The van der Waals surface area contributed by atoms with Gasteiger partial charge in [-0.2, -0.15) is 13.2 Å². The van der Waals surface area contributed by atoms with Crippen molar-refractivity contribution in [3.63, 3.8) is 0 Å². The normalized spacial score (nSPS) is 11.3. The number of ether oxygens (including phenoxy) is 1. The van der Waals surface area contributed by atoms with Gasteiger partial charge in [-0.25, -0.2) is 4.39 Å². The zero-order chi connectivity index (χ0) is 15.6. The number of halogens is 4. The van der Waals surface area contributed by atoms with Crippen molar-refractivity contribution in [1.29, 1.82) is 0 Å². The predicted octanol–water partition coefficient (Wildman–Crippen LogP) is 4.76. The Bertz CT molecular complexity index is 678. The van der Waals surface area contributed by atoms with Crippen LogP contribution in [0.5, 0.6) is 11.5 Å². The van der Waals surface area contributed by atoms with Gasteiger partial charge in [0.05, 0.1) is 5.56 Å². The van der Waals surface area contributed by atoms with E-state index in [2.05, 4.69) is 0 Å². The smallest absolute Gasteiger partial charge is 0.417 e. The summed E-state index contributed by atoms with van der Waals surface area (Å²) in [6.45, 7) is 1.64. The maximum absolute atomic E-state index is 13.1. The molecule has 0 bridgehead atoms. The van der Waals surface area contributed by atoms with Gasteiger partial charge in [0, 0.05) is 11.6 Å². The Morgan fingerprint density at radius 1 is 1.10 bits per heavy atom. The van der Waals surface area contributed by atoms with Crippen molar-refractivity contribution in [1.82, 2.24) is 0 Å². The molecule has 6 heteroatoms. The Hall–Kier alpha value is -2.37. The molecule has 2 aromatic rings. The first-order valence-electron chi connectivity index (χ1n) is 5.91. The summed E-state index contributed by atoms with van der Waals surface area (Å²) in [5.41, 5.74) is -1.00. The summed E-state index contributed by atoms with van der Waals surface area (Å²) in [5, 5.41) is 0. The van der Waals surface area contributed by atoms with Gasteiger partial charge in [0.1, 0.15) is 17.3 Å². The quantitative estimate of drug-likeness (QED) is 0.603. The number of carbonyl (C=O) groups excluding carboxylic acids is 1. The maximum Gasteiger partial charge on any atom is 0.417 e. The van der Waals surface area contributed by atoms with E-state index in [0.29, 0.717) is 11.6 Å². The Morgan fingerprint density at radius 3 is 2.43 bits per heavy atom. The molecule has 0 saturated heterocycles. The number of hydrogen-bond donors (Lipinski definition) is 0. The van der Waals surface area contributed by atoms with E-state index in [0.717, 1.165) is 12.1 Å². The maximum atomic E-state index is 13.1. The second-order valence-corrected chi connectivity index (χ2v) is 4.38. The molecule has 110 valence electrons. The summed E-state index contributed by atoms with van der Waals surface area (Å²) in [7, 11) is 0. The average molecular weight is 298 g/mol. The third-order valence-electron chi connectivity index (χ3n) is 2.84. The number of aryl methyl sites for hydroxylation is 1. The molecule has 0 aliphatic rings. The summed E-state index contributed by atoms with van der Waals surface area (Å²) in [6, 6.07) is 6.71. The lowest BCUT2D eigenvalue weighted by Gasteiger charge is -2.13. The minimum absolute atomic E-state index is 0.113. The van der Waals surface area contributed by atoms with Gasteiger partial charge in [0.2, 0.25) is 0 Å². The molecule has 2 nitrogen and oxygen atoms in total. The van der Waals surface area contributed by atoms with Gasteiger partial charge in [-0.1, -0.05) is 6.07 Å². The minimum Gasteiger partial charge on any atom is -0.457 e. The molecule has 2 aromatic carbocycles. The minimum atomic E-state index is -4.67. The summed E-state index contributed by atoms with van der Waals surface area (Å²) in [6.07, 6.45) is -4.55. The highest BCUT2D eigenvalue weighted by Crippen LogP contribution is 2.35. The first kappa shape index (κ1) is 15.0. The second-order valence-electron chi connectivity index (χ2n) is 4.38. The summed E-state index contributed by atoms with van der Waals surface area (Å²) in [4.78, 5) is 10.7. The van der Waals surface area contributed by atoms with Crippen molar-refractivity contribution in [2.75, 3.05) is 0 Å². The van der Waals surface area contributed by atoms with Crippen LogP contribution in [0.2, 0.25) is 0 Å². The van der Waals surface area contributed by atoms with Crippen molar-refractivity contribution >= 4 is 6.29 Å². The molecule has 21 heavy (non-hydrogen) atoms. The number of carbonyl (C=O) groups is 1. The van der Waals surface area contributed by atoms with Gasteiger partial charge in [-0.15, -0.1) is 0 Å². The number of benzene rings is 2. The molecule has 0 amide bonds. The Balaban J connectivity index is 2.42. The first-order valence-corrected chi connectivity index (χ1v) is 5.91. The van der Waals surface area contributed by atoms with Gasteiger partial charge in [-0.3, -0.25) is 4.79 Å². The molecular weight excluding hydrogens is 288 g/mol. The van der Waals surface area contributed by atoms with E-state index in [4.69, 9.17) is 4.74 Å². The van der Waals surface area contributed by atoms with Crippen molar-refractivity contribution in [3.8, 4) is 11.5 Å². The van der Waals surface area contributed by atoms with Crippen LogP contribution in [0.15, 0.2) is 36.4 Å². The van der Waals surface area contributed by atoms with Crippen LogP contribution < -0.4 is 4.74 Å². The van der Waals surface area contributed by atoms with Crippen molar-refractivity contribution < 1.29 is 27.1 Å². The Kier molecular flexibility index (Phi) is 3.97. The molecule has 0 spiro atoms. The van der Waals surface area contributed by atoms with Crippen LogP contribution in [0.3, 0.4) is 0 Å². The Morgan fingerprint density at radius 2 is 1.81 bits per heavy atom. The third-order valence-corrected chi connectivity index (χ3v) is 2.84. The molecule has 0 aliphatic heterocycles. The van der Waals surface area contributed by atoms with Crippen molar-refractivity contribution in [3.05, 3.63) is 58.9 Å². The lowest BCUT2D eigenvalue weighted by Crippen LogP contribution is -2.09. The predicted molar refractivity (Wildman–Crippen MR) is 68.0 cm³/mol. The van der Waals surface area contributed by atoms with Gasteiger partial charge in [0.25, 0.3) is 0 Å². The molecule has 0 N–H and O–H groups in total. The van der Waals surface area contributed by atoms with Crippen molar-refractivity contribution in [2.24, 2.45) is 0 Å². The summed E-state index contributed by atoms with van der Waals surface area (Å²) >= 11 is 0. The fourth-order valence-corrected chi connectivity index (χ4v) is 1.76. The molecule has 2 rings (SSSR count). The lowest BCUT2D eigenvalue weighted by atomic mass is 10.1. The standard InChI is InChI=1S/C15H10F4O2/c1-9-2-4-11(16)6-14(9)21-12-5-3-10(8-20)13(7-12)15(17,18)19/h2-8H,1H3. The number of hydrogen-bond acceptors (Lipinski definition) is 2. The average Bonchev–Trinajstić information content (AvgIpc) is 2.42. The van der Waals surface area contributed by atoms with Gasteiger partial charge in [-0.05, 0) is 36.8 Å². The van der Waals surface area contributed by atoms with Crippen LogP contribution in [0.4, 0.5) is 17.6 Å². The van der Waals surface area contributed by atoms with Crippen LogP contribution in [0.1, 0.15) is 21.5 Å². The largest absolute Gasteiger partial charge is 0.457 e. The molecular formula is C15H10F4O2. The SMILES string of the molecule is Cc1ccc(F)cc1Oc1ccc(C=O)c(C(F)(F)F)c1. The molecule has 0 heterocycles. The van der Waals surface area contributed by atoms with E-state index in [1.54, 1.807) is 6.92 Å². The monoisotopic (exact) mass is 298 g/mol. The van der Waals surface area contributed by atoms with Crippen molar-refractivity contribution in [2.45, 2.75) is 13.1 Å². The molecule has 0 aromatic heterocycles. The zero-order valence-corrected chi connectivity index (χ0v) is 10.9. The van der Waals surface area contributed by atoms with Crippen LogP contribution >= 0.6 is 0 Å². The van der Waals surface area contributed by atoms with Gasteiger partial charge >= 0.3 is 6.18 Å². The van der Waals surface area contributed by atoms with E-state index in [1.165, 1.54) is 18.2 Å². The third kappa shape index (κ3) is 3.39. The highest BCUT2D eigenvalue weighted by Gasteiger charge is 2.33. The van der Waals surface area contributed by atoms with E-state index >= 15 is 0 Å². The molecule has 0 saturated carbocycles. The van der Waals surface area contributed by atoms with Crippen LogP contribution in [-0.2, 0) is 6.18 Å². The van der Waals surface area contributed by atoms with Crippen LogP contribution in [0, 0.1) is 12.7 Å². The summed E-state index contributed by atoms with van der Waals surface area (Å²) < 4.78 is 56.9. The number of alkyl halides is 3. The fraction of sp³-hybridized carbons (Fsp3) is 0.133. The molecule has 0 atom stereocenters. The molecule has 0 unspecified atom stereocenters. The summed E-state index contributed by atoms with van der Waals surface area (Å²) in [5.74, 6) is -0.570. The zero-order valence-electron chi connectivity index (χ0n) is 10.9. The molecule has 0 aliphatic carbocycles. The van der Waals surface area contributed by atoms with E-state index in [1.807, 2.05) is 0 Å². The van der Waals surface area contributed by atoms with Crippen LogP contribution in [-0.4, -0.2) is 6.29 Å². The van der Waals surface area contributed by atoms with E-state index < -0.39 is 23.1 Å². The number of rotatable bonds is 3. The highest BCUT2D eigenvalue weighted by atomic mass is 19.4. The van der Waals surface area contributed by atoms with Gasteiger partial charge in [0.15, 0.2) is 6.29 Å². The molecule has 0 radical (unpaired) electrons. The van der Waals surface area contributed by atoms with Gasteiger partial charge < -0.3 is 4.74 Å². The lowest BCUT2D eigenvalue weighted by molar-refractivity contribution is -0.137. The highest BCUT2D eigenvalue weighted by molar-refractivity contribution is 5.78. The van der Waals surface area contributed by atoms with E-state index in [9.17, 15) is 22.4 Å². The molecule has 0 fully saturated rings. The van der Waals surface area contributed by atoms with Crippen LogP contribution in [0.25, 0.3) is 0 Å². The van der Waals surface area contributed by atoms with E-state index in [-0.39, 0.29) is 17.8 Å². The number of aldehydes is 1. The fourth-order valence-electron chi connectivity index (χ4n) is 1.76. The second kappa shape index (κ2) is 5.55.